The van der Waals surface area contributed by atoms with Crippen molar-refractivity contribution < 1.29 is 4.74 Å². The lowest BCUT2D eigenvalue weighted by atomic mass is 10.3. The van der Waals surface area contributed by atoms with E-state index in [0.717, 1.165) is 22.1 Å². The van der Waals surface area contributed by atoms with Crippen molar-refractivity contribution in [1.29, 1.82) is 5.26 Å². The summed E-state index contributed by atoms with van der Waals surface area (Å²) >= 11 is 1.66. The Kier molecular flexibility index (Phi) is 4.49. The van der Waals surface area contributed by atoms with Gasteiger partial charge in [0, 0.05) is 12.0 Å². The Morgan fingerprint density at radius 2 is 2.24 bits per heavy atom. The van der Waals surface area contributed by atoms with Gasteiger partial charge in [-0.15, -0.1) is 11.3 Å². The molecule has 0 amide bonds. The lowest BCUT2D eigenvalue weighted by molar-refractivity contribution is 0.181. The van der Waals surface area contributed by atoms with Gasteiger partial charge in [0.05, 0.1) is 31.3 Å². The molecule has 0 N–H and O–H groups in total. The van der Waals surface area contributed by atoms with Gasteiger partial charge in [-0.3, -0.25) is 4.90 Å². The highest BCUT2D eigenvalue weighted by Crippen LogP contribution is 2.22. The molecule has 0 aromatic carbocycles. The maximum atomic E-state index is 8.78. The van der Waals surface area contributed by atoms with Crippen molar-refractivity contribution in [3.8, 4) is 6.07 Å². The summed E-state index contributed by atoms with van der Waals surface area (Å²) in [6.45, 7) is 3.78. The molecule has 0 unspecified atom stereocenters. The molecule has 1 aromatic rings. The number of hydrogen-bond donors (Lipinski definition) is 0. The van der Waals surface area contributed by atoms with E-state index in [1.54, 1.807) is 18.4 Å². The summed E-state index contributed by atoms with van der Waals surface area (Å²) in [6, 6.07) is 2.19. The minimum atomic E-state index is 0.441. The van der Waals surface area contributed by atoms with Gasteiger partial charge in [0.1, 0.15) is 5.01 Å². The third kappa shape index (κ3) is 3.25. The Morgan fingerprint density at radius 3 is 2.88 bits per heavy atom. The minimum Gasteiger partial charge on any atom is -0.378 e. The van der Waals surface area contributed by atoms with Gasteiger partial charge in [-0.2, -0.15) is 5.26 Å². The SMILES string of the molecule is COCc1nc(CN2CCCC2)sc1CC#N. The van der Waals surface area contributed by atoms with Crippen LogP contribution in [0.1, 0.15) is 28.4 Å². The number of thiazole rings is 1. The van der Waals surface area contributed by atoms with Crippen molar-refractivity contribution >= 4 is 11.3 Å². The number of nitriles is 1. The second kappa shape index (κ2) is 6.10. The first-order valence-corrected chi connectivity index (χ1v) is 6.71. The van der Waals surface area contributed by atoms with E-state index >= 15 is 0 Å². The number of hydrogen-bond acceptors (Lipinski definition) is 5. The van der Waals surface area contributed by atoms with E-state index in [1.165, 1.54) is 25.9 Å². The molecule has 0 bridgehead atoms. The Bertz CT molecular complexity index is 404. The summed E-state index contributed by atoms with van der Waals surface area (Å²) in [5, 5.41) is 9.90. The van der Waals surface area contributed by atoms with Crippen LogP contribution < -0.4 is 0 Å². The molecule has 92 valence electrons. The summed E-state index contributed by atoms with van der Waals surface area (Å²) in [5.41, 5.74) is 0.938. The maximum absolute atomic E-state index is 8.78. The standard InChI is InChI=1S/C12H17N3OS/c1-16-9-10-11(4-5-13)17-12(14-10)8-15-6-2-3-7-15/h2-4,6-9H2,1H3. The molecular weight excluding hydrogens is 234 g/mol. The molecule has 1 aliphatic rings. The molecule has 1 aromatic heterocycles. The number of rotatable bonds is 5. The van der Waals surface area contributed by atoms with Crippen LogP contribution in [0.25, 0.3) is 0 Å². The van der Waals surface area contributed by atoms with Crippen molar-refractivity contribution in [2.24, 2.45) is 0 Å². The van der Waals surface area contributed by atoms with Crippen LogP contribution in [0.5, 0.6) is 0 Å². The molecule has 1 aliphatic heterocycles. The predicted octanol–water partition coefficient (Wildman–Crippen LogP) is 1.95. The first-order valence-electron chi connectivity index (χ1n) is 5.89. The molecule has 4 nitrogen and oxygen atoms in total. The average molecular weight is 251 g/mol. The number of nitrogens with zero attached hydrogens (tertiary/aromatic N) is 3. The number of methoxy groups -OCH3 is 1. The van der Waals surface area contributed by atoms with Gasteiger partial charge in [-0.05, 0) is 25.9 Å². The average Bonchev–Trinajstić information content (AvgIpc) is 2.91. The van der Waals surface area contributed by atoms with Crippen molar-refractivity contribution in [2.45, 2.75) is 32.4 Å². The number of aromatic nitrogens is 1. The van der Waals surface area contributed by atoms with Crippen LogP contribution in [0.4, 0.5) is 0 Å². The van der Waals surface area contributed by atoms with E-state index in [9.17, 15) is 0 Å². The smallest absolute Gasteiger partial charge is 0.107 e. The molecule has 17 heavy (non-hydrogen) atoms. The Hall–Kier alpha value is -0.960. The first-order chi connectivity index (χ1) is 8.33. The molecule has 1 fully saturated rings. The normalized spacial score (nSPS) is 16.2. The first kappa shape index (κ1) is 12.5. The Balaban J connectivity index is 2.06. The Labute approximate surface area is 106 Å². The van der Waals surface area contributed by atoms with Gasteiger partial charge in [0.25, 0.3) is 0 Å². The highest BCUT2D eigenvalue weighted by molar-refractivity contribution is 7.11. The zero-order valence-electron chi connectivity index (χ0n) is 10.1. The van der Waals surface area contributed by atoms with Gasteiger partial charge in [-0.25, -0.2) is 4.98 Å². The summed E-state index contributed by atoms with van der Waals surface area (Å²) < 4.78 is 5.12. The quantitative estimate of drug-likeness (QED) is 0.802. The van der Waals surface area contributed by atoms with E-state index in [0.29, 0.717) is 13.0 Å². The lowest BCUT2D eigenvalue weighted by Gasteiger charge is -2.11. The zero-order chi connectivity index (χ0) is 12.1. The molecule has 0 aliphatic carbocycles. The van der Waals surface area contributed by atoms with E-state index < -0.39 is 0 Å². The van der Waals surface area contributed by atoms with Crippen LogP contribution >= 0.6 is 11.3 Å². The van der Waals surface area contributed by atoms with Crippen LogP contribution in [0.2, 0.25) is 0 Å². The van der Waals surface area contributed by atoms with Gasteiger partial charge in [0.2, 0.25) is 0 Å². The number of ether oxygens (including phenoxy) is 1. The fourth-order valence-electron chi connectivity index (χ4n) is 2.10. The summed E-state index contributed by atoms with van der Waals surface area (Å²) in [7, 11) is 1.66. The third-order valence-corrected chi connectivity index (χ3v) is 3.98. The molecule has 5 heteroatoms. The monoisotopic (exact) mass is 251 g/mol. The highest BCUT2D eigenvalue weighted by atomic mass is 32.1. The molecule has 1 saturated heterocycles. The zero-order valence-corrected chi connectivity index (χ0v) is 10.9. The molecule has 0 saturated carbocycles. The molecular formula is C12H17N3OS. The van der Waals surface area contributed by atoms with E-state index in [1.807, 2.05) is 0 Å². The summed E-state index contributed by atoms with van der Waals surface area (Å²) in [5.74, 6) is 0. The van der Waals surface area contributed by atoms with Crippen LogP contribution in [0, 0.1) is 11.3 Å². The van der Waals surface area contributed by atoms with Crippen molar-refractivity contribution in [1.82, 2.24) is 9.88 Å². The van der Waals surface area contributed by atoms with E-state index in [4.69, 9.17) is 10.00 Å². The number of likely N-dealkylation sites (tertiary alicyclic amines) is 1. The topological polar surface area (TPSA) is 49.1 Å². The van der Waals surface area contributed by atoms with Crippen LogP contribution in [-0.4, -0.2) is 30.1 Å². The van der Waals surface area contributed by atoms with E-state index in [-0.39, 0.29) is 0 Å². The third-order valence-electron chi connectivity index (χ3n) is 2.90. The minimum absolute atomic E-state index is 0.441. The molecule has 2 heterocycles. The van der Waals surface area contributed by atoms with Gasteiger partial charge in [-0.1, -0.05) is 0 Å². The predicted molar refractivity (Wildman–Crippen MR) is 66.7 cm³/mol. The van der Waals surface area contributed by atoms with Crippen LogP contribution in [0.15, 0.2) is 0 Å². The van der Waals surface area contributed by atoms with Crippen LogP contribution in [-0.2, 0) is 24.3 Å². The molecule has 2 rings (SSSR count). The molecule has 0 spiro atoms. The Morgan fingerprint density at radius 1 is 1.47 bits per heavy atom. The largest absolute Gasteiger partial charge is 0.378 e. The van der Waals surface area contributed by atoms with E-state index in [2.05, 4.69) is 16.0 Å². The fraction of sp³-hybridized carbons (Fsp3) is 0.667. The van der Waals surface area contributed by atoms with Crippen molar-refractivity contribution in [3.63, 3.8) is 0 Å². The maximum Gasteiger partial charge on any atom is 0.107 e. The second-order valence-electron chi connectivity index (χ2n) is 4.23. The van der Waals surface area contributed by atoms with Gasteiger partial charge < -0.3 is 4.74 Å². The molecule has 0 atom stereocenters. The highest BCUT2D eigenvalue weighted by Gasteiger charge is 2.16. The second-order valence-corrected chi connectivity index (χ2v) is 5.40. The summed E-state index contributed by atoms with van der Waals surface area (Å²) in [4.78, 5) is 8.06. The summed E-state index contributed by atoms with van der Waals surface area (Å²) in [6.07, 6.45) is 3.03. The van der Waals surface area contributed by atoms with Crippen molar-refractivity contribution in [2.75, 3.05) is 20.2 Å². The fourth-order valence-corrected chi connectivity index (χ4v) is 3.14. The van der Waals surface area contributed by atoms with Crippen molar-refractivity contribution in [3.05, 3.63) is 15.6 Å². The molecule has 0 radical (unpaired) electrons. The van der Waals surface area contributed by atoms with Gasteiger partial charge >= 0.3 is 0 Å². The lowest BCUT2D eigenvalue weighted by Crippen LogP contribution is -2.18. The van der Waals surface area contributed by atoms with Gasteiger partial charge in [0.15, 0.2) is 0 Å². The van der Waals surface area contributed by atoms with Crippen LogP contribution in [0.3, 0.4) is 0 Å².